The standard InChI is InChI=1S/C15H20Cl2N2O3/c16-13-9-12(10-14(17)11-13)15(21)19-3-1-18(2-4-19)5-7-22-8-6-20/h9-11,20H,1-8H2. The molecule has 1 heterocycles. The average molecular weight is 347 g/mol. The average Bonchev–Trinajstić information content (AvgIpc) is 2.50. The molecule has 22 heavy (non-hydrogen) atoms. The molecule has 0 bridgehead atoms. The van der Waals surface area contributed by atoms with Crippen molar-refractivity contribution < 1.29 is 14.6 Å². The number of aliphatic hydroxyl groups is 1. The molecule has 1 aromatic carbocycles. The summed E-state index contributed by atoms with van der Waals surface area (Å²) in [5.41, 5.74) is 0.525. The van der Waals surface area contributed by atoms with Gasteiger partial charge in [0.2, 0.25) is 0 Å². The SMILES string of the molecule is O=C(c1cc(Cl)cc(Cl)c1)N1CCN(CCOCCO)CC1. The molecule has 1 aromatic rings. The van der Waals surface area contributed by atoms with E-state index in [1.54, 1.807) is 18.2 Å². The minimum atomic E-state index is -0.0411. The summed E-state index contributed by atoms with van der Waals surface area (Å²) in [4.78, 5) is 16.5. The molecule has 5 nitrogen and oxygen atoms in total. The van der Waals surface area contributed by atoms with Gasteiger partial charge in [-0.3, -0.25) is 9.69 Å². The summed E-state index contributed by atoms with van der Waals surface area (Å²) in [6, 6.07) is 4.90. The second kappa shape index (κ2) is 8.70. The monoisotopic (exact) mass is 346 g/mol. The summed E-state index contributed by atoms with van der Waals surface area (Å²) in [5.74, 6) is -0.0411. The molecule has 1 N–H and O–H groups in total. The van der Waals surface area contributed by atoms with Crippen LogP contribution in [-0.2, 0) is 4.74 Å². The molecule has 0 aliphatic carbocycles. The van der Waals surface area contributed by atoms with Crippen LogP contribution in [-0.4, -0.2) is 73.4 Å². The highest BCUT2D eigenvalue weighted by Crippen LogP contribution is 2.20. The number of rotatable bonds is 6. The number of nitrogens with zero attached hydrogens (tertiary/aromatic N) is 2. The molecule has 1 amide bonds. The number of carbonyl (C=O) groups is 1. The van der Waals surface area contributed by atoms with Crippen LogP contribution in [0.2, 0.25) is 10.0 Å². The van der Waals surface area contributed by atoms with Gasteiger partial charge in [-0.15, -0.1) is 0 Å². The van der Waals surface area contributed by atoms with E-state index in [0.717, 1.165) is 19.6 Å². The number of piperazine rings is 1. The number of halogens is 2. The van der Waals surface area contributed by atoms with Gasteiger partial charge in [0, 0.05) is 48.3 Å². The predicted molar refractivity (Wildman–Crippen MR) is 86.7 cm³/mol. The molecule has 1 aliphatic heterocycles. The van der Waals surface area contributed by atoms with Crippen LogP contribution in [0.5, 0.6) is 0 Å². The lowest BCUT2D eigenvalue weighted by Gasteiger charge is -2.34. The van der Waals surface area contributed by atoms with Crippen LogP contribution < -0.4 is 0 Å². The van der Waals surface area contributed by atoms with Gasteiger partial charge in [-0.2, -0.15) is 0 Å². The first-order valence-corrected chi connectivity index (χ1v) is 8.02. The predicted octanol–water partition coefficient (Wildman–Crippen LogP) is 1.76. The largest absolute Gasteiger partial charge is 0.394 e. The van der Waals surface area contributed by atoms with Gasteiger partial charge in [-0.05, 0) is 18.2 Å². The van der Waals surface area contributed by atoms with Crippen LogP contribution in [0.25, 0.3) is 0 Å². The van der Waals surface area contributed by atoms with Crippen molar-refractivity contribution in [3.8, 4) is 0 Å². The zero-order valence-corrected chi connectivity index (χ0v) is 13.8. The number of aliphatic hydroxyl groups excluding tert-OH is 1. The van der Waals surface area contributed by atoms with E-state index in [4.69, 9.17) is 33.0 Å². The molecule has 1 aliphatic rings. The van der Waals surface area contributed by atoms with E-state index in [-0.39, 0.29) is 12.5 Å². The van der Waals surface area contributed by atoms with Gasteiger partial charge in [-0.25, -0.2) is 0 Å². The van der Waals surface area contributed by atoms with Crippen LogP contribution >= 0.6 is 23.2 Å². The van der Waals surface area contributed by atoms with Gasteiger partial charge < -0.3 is 14.7 Å². The Bertz CT molecular complexity index is 485. The van der Waals surface area contributed by atoms with Gasteiger partial charge >= 0.3 is 0 Å². The van der Waals surface area contributed by atoms with Crippen molar-refractivity contribution in [1.82, 2.24) is 9.80 Å². The second-order valence-electron chi connectivity index (χ2n) is 5.13. The molecular formula is C15H20Cl2N2O3. The molecular weight excluding hydrogens is 327 g/mol. The van der Waals surface area contributed by atoms with E-state index in [1.807, 2.05) is 4.90 Å². The first-order chi connectivity index (χ1) is 10.6. The maximum Gasteiger partial charge on any atom is 0.254 e. The van der Waals surface area contributed by atoms with Crippen molar-refractivity contribution in [2.75, 3.05) is 52.5 Å². The van der Waals surface area contributed by atoms with E-state index in [9.17, 15) is 4.79 Å². The normalized spacial score (nSPS) is 16.0. The molecule has 122 valence electrons. The first-order valence-electron chi connectivity index (χ1n) is 7.26. The Morgan fingerprint density at radius 3 is 2.32 bits per heavy atom. The van der Waals surface area contributed by atoms with Gasteiger partial charge in [-0.1, -0.05) is 23.2 Å². The molecule has 0 atom stereocenters. The Morgan fingerprint density at radius 2 is 1.73 bits per heavy atom. The summed E-state index contributed by atoms with van der Waals surface area (Å²) in [6.45, 7) is 4.78. The Balaban J connectivity index is 1.82. The third-order valence-electron chi connectivity index (χ3n) is 3.56. The fraction of sp³-hybridized carbons (Fsp3) is 0.533. The number of ether oxygens (including phenoxy) is 1. The zero-order valence-electron chi connectivity index (χ0n) is 12.3. The van der Waals surface area contributed by atoms with E-state index < -0.39 is 0 Å². The number of benzene rings is 1. The van der Waals surface area contributed by atoms with E-state index >= 15 is 0 Å². The number of hydrogen-bond donors (Lipinski definition) is 1. The third-order valence-corrected chi connectivity index (χ3v) is 3.99. The first kappa shape index (κ1) is 17.5. The summed E-state index contributed by atoms with van der Waals surface area (Å²) in [7, 11) is 0. The Kier molecular flexibility index (Phi) is 6.92. The van der Waals surface area contributed by atoms with Crippen LogP contribution in [0.3, 0.4) is 0 Å². The highest BCUT2D eigenvalue weighted by Gasteiger charge is 2.22. The van der Waals surface area contributed by atoms with Crippen LogP contribution in [0, 0.1) is 0 Å². The van der Waals surface area contributed by atoms with Crippen LogP contribution in [0.4, 0.5) is 0 Å². The highest BCUT2D eigenvalue weighted by atomic mass is 35.5. The molecule has 0 radical (unpaired) electrons. The van der Waals surface area contributed by atoms with Crippen molar-refractivity contribution in [2.24, 2.45) is 0 Å². The van der Waals surface area contributed by atoms with Gasteiger partial charge in [0.05, 0.1) is 19.8 Å². The molecule has 0 aromatic heterocycles. The maximum atomic E-state index is 12.4. The highest BCUT2D eigenvalue weighted by molar-refractivity contribution is 6.35. The van der Waals surface area contributed by atoms with Crippen molar-refractivity contribution >= 4 is 29.1 Å². The van der Waals surface area contributed by atoms with Crippen LogP contribution in [0.1, 0.15) is 10.4 Å². The molecule has 0 unspecified atom stereocenters. The van der Waals surface area contributed by atoms with Crippen molar-refractivity contribution in [3.05, 3.63) is 33.8 Å². The summed E-state index contributed by atoms with van der Waals surface area (Å²) in [6.07, 6.45) is 0. The fourth-order valence-electron chi connectivity index (χ4n) is 2.39. The summed E-state index contributed by atoms with van der Waals surface area (Å²) < 4.78 is 5.25. The number of hydrogen-bond acceptors (Lipinski definition) is 4. The lowest BCUT2D eigenvalue weighted by Crippen LogP contribution is -2.49. The quantitative estimate of drug-likeness (QED) is 0.797. The van der Waals surface area contributed by atoms with Gasteiger partial charge in [0.1, 0.15) is 0 Å². The van der Waals surface area contributed by atoms with Gasteiger partial charge in [0.15, 0.2) is 0 Å². The number of amides is 1. The Morgan fingerprint density at radius 1 is 1.09 bits per heavy atom. The lowest BCUT2D eigenvalue weighted by molar-refractivity contribution is 0.0486. The fourth-order valence-corrected chi connectivity index (χ4v) is 2.92. The maximum absolute atomic E-state index is 12.4. The molecule has 0 spiro atoms. The minimum absolute atomic E-state index is 0.0411. The molecule has 1 saturated heterocycles. The lowest BCUT2D eigenvalue weighted by atomic mass is 10.2. The summed E-state index contributed by atoms with van der Waals surface area (Å²) >= 11 is 11.9. The third kappa shape index (κ3) is 5.11. The van der Waals surface area contributed by atoms with Gasteiger partial charge in [0.25, 0.3) is 5.91 Å². The zero-order chi connectivity index (χ0) is 15.9. The number of carbonyl (C=O) groups excluding carboxylic acids is 1. The van der Waals surface area contributed by atoms with E-state index in [2.05, 4.69) is 4.90 Å². The van der Waals surface area contributed by atoms with Crippen molar-refractivity contribution in [3.63, 3.8) is 0 Å². The minimum Gasteiger partial charge on any atom is -0.394 e. The Labute approximate surface area is 140 Å². The Hall–Kier alpha value is -0.850. The smallest absolute Gasteiger partial charge is 0.254 e. The second-order valence-corrected chi connectivity index (χ2v) is 6.00. The van der Waals surface area contributed by atoms with E-state index in [1.165, 1.54) is 0 Å². The van der Waals surface area contributed by atoms with Crippen molar-refractivity contribution in [1.29, 1.82) is 0 Å². The van der Waals surface area contributed by atoms with Crippen LogP contribution in [0.15, 0.2) is 18.2 Å². The molecule has 2 rings (SSSR count). The van der Waals surface area contributed by atoms with E-state index in [0.29, 0.717) is 41.9 Å². The summed E-state index contributed by atoms with van der Waals surface area (Å²) in [5, 5.41) is 9.58. The van der Waals surface area contributed by atoms with Crippen molar-refractivity contribution in [2.45, 2.75) is 0 Å². The molecule has 0 saturated carbocycles. The topological polar surface area (TPSA) is 53.0 Å². The molecule has 1 fully saturated rings. The molecule has 7 heteroatoms.